The molecule has 1 heterocycles. The van der Waals surface area contributed by atoms with E-state index in [1.807, 2.05) is 0 Å². The number of carboxylic acids is 1. The second kappa shape index (κ2) is 4.59. The Balaban J connectivity index is 2.20. The molecule has 7 nitrogen and oxygen atoms in total. The topological polar surface area (TPSA) is 105 Å². The molecule has 0 aromatic carbocycles. The lowest BCUT2D eigenvalue weighted by atomic mass is 9.82. The number of pyridine rings is 1. The number of nitrogens with one attached hydrogen (secondary N) is 1. The maximum Gasteiger partial charge on any atom is 0.342 e. The van der Waals surface area contributed by atoms with Crippen LogP contribution in [0.25, 0.3) is 0 Å². The smallest absolute Gasteiger partial charge is 0.342 e. The minimum absolute atomic E-state index is 0.274. The van der Waals surface area contributed by atoms with E-state index in [2.05, 4.69) is 17.2 Å². The number of hydrogen-bond donors (Lipinski definition) is 2. The number of nitrogens with zero attached hydrogens (tertiary/aromatic N) is 2. The molecule has 1 saturated carbocycles. The van der Waals surface area contributed by atoms with Gasteiger partial charge in [-0.1, -0.05) is 6.92 Å². The summed E-state index contributed by atoms with van der Waals surface area (Å²) in [7, 11) is 0. The molecule has 1 aromatic heterocycles. The van der Waals surface area contributed by atoms with E-state index in [1.165, 1.54) is 6.07 Å². The Hall–Kier alpha value is -2.18. The first-order valence-electron chi connectivity index (χ1n) is 5.61. The summed E-state index contributed by atoms with van der Waals surface area (Å²) in [5.74, 6) is -0.302. The third kappa shape index (κ3) is 2.39. The molecule has 0 radical (unpaired) electrons. The third-order valence-electron chi connectivity index (χ3n) is 3.04. The second-order valence-corrected chi connectivity index (χ2v) is 4.57. The molecule has 1 fully saturated rings. The van der Waals surface area contributed by atoms with Crippen LogP contribution in [-0.2, 0) is 0 Å². The van der Waals surface area contributed by atoms with Crippen LogP contribution >= 0.6 is 0 Å². The fourth-order valence-corrected chi connectivity index (χ4v) is 2.07. The average molecular weight is 251 g/mol. The van der Waals surface area contributed by atoms with Crippen LogP contribution < -0.4 is 5.32 Å². The van der Waals surface area contributed by atoms with E-state index in [1.54, 1.807) is 0 Å². The van der Waals surface area contributed by atoms with Crippen LogP contribution in [0.2, 0.25) is 0 Å². The lowest BCUT2D eigenvalue weighted by Crippen LogP contribution is -2.34. The van der Waals surface area contributed by atoms with E-state index in [4.69, 9.17) is 5.11 Å². The zero-order valence-corrected chi connectivity index (χ0v) is 9.79. The van der Waals surface area contributed by atoms with Crippen molar-refractivity contribution in [3.8, 4) is 0 Å². The largest absolute Gasteiger partial charge is 0.477 e. The molecule has 0 spiro atoms. The van der Waals surface area contributed by atoms with Crippen molar-refractivity contribution in [2.45, 2.75) is 25.8 Å². The fourth-order valence-electron chi connectivity index (χ4n) is 2.07. The van der Waals surface area contributed by atoms with Crippen LogP contribution in [0.15, 0.2) is 12.3 Å². The molecule has 0 atom stereocenters. The third-order valence-corrected chi connectivity index (χ3v) is 3.04. The highest BCUT2D eigenvalue weighted by Crippen LogP contribution is 2.29. The summed E-state index contributed by atoms with van der Waals surface area (Å²) in [6, 6.07) is 1.49. The highest BCUT2D eigenvalue weighted by atomic mass is 16.6. The molecule has 1 aromatic rings. The number of anilines is 1. The fraction of sp³-hybridized carbons (Fsp3) is 0.455. The van der Waals surface area contributed by atoms with Crippen molar-refractivity contribution in [3.05, 3.63) is 27.9 Å². The van der Waals surface area contributed by atoms with Gasteiger partial charge in [0, 0.05) is 12.1 Å². The molecule has 1 aliphatic rings. The molecule has 7 heteroatoms. The number of aromatic carboxylic acids is 1. The quantitative estimate of drug-likeness (QED) is 0.625. The molecule has 0 saturated heterocycles. The summed E-state index contributed by atoms with van der Waals surface area (Å²) in [6.45, 7) is 2.13. The van der Waals surface area contributed by atoms with Crippen molar-refractivity contribution < 1.29 is 14.8 Å². The highest BCUT2D eigenvalue weighted by molar-refractivity contribution is 5.93. The van der Waals surface area contributed by atoms with Crippen molar-refractivity contribution >= 4 is 17.5 Å². The molecule has 0 bridgehead atoms. The van der Waals surface area contributed by atoms with E-state index in [-0.39, 0.29) is 11.6 Å². The molecule has 1 aliphatic carbocycles. The Bertz CT molecular complexity index is 497. The monoisotopic (exact) mass is 251 g/mol. The second-order valence-electron chi connectivity index (χ2n) is 4.57. The van der Waals surface area contributed by atoms with Crippen molar-refractivity contribution in [2.75, 3.05) is 5.32 Å². The minimum Gasteiger partial charge on any atom is -0.477 e. The van der Waals surface area contributed by atoms with Crippen LogP contribution in [0.3, 0.4) is 0 Å². The summed E-state index contributed by atoms with van der Waals surface area (Å²) < 4.78 is 0. The predicted octanol–water partition coefficient (Wildman–Crippen LogP) is 1.90. The number of hydrogen-bond acceptors (Lipinski definition) is 5. The van der Waals surface area contributed by atoms with E-state index >= 15 is 0 Å². The zero-order chi connectivity index (χ0) is 13.3. The zero-order valence-electron chi connectivity index (χ0n) is 9.79. The van der Waals surface area contributed by atoms with Gasteiger partial charge in [0.1, 0.15) is 17.6 Å². The molecule has 96 valence electrons. The molecule has 2 rings (SSSR count). The van der Waals surface area contributed by atoms with Gasteiger partial charge in [0.15, 0.2) is 0 Å². The standard InChI is InChI=1S/C11H13N3O4/c1-6-2-7(3-6)13-10-4-8(11(15)16)9(5-12-10)14(17)18/h4-7H,2-3H2,1H3,(H,12,13)(H,15,16). The summed E-state index contributed by atoms with van der Waals surface area (Å²) in [6.07, 6.45) is 2.98. The molecule has 18 heavy (non-hydrogen) atoms. The van der Waals surface area contributed by atoms with Crippen molar-refractivity contribution in [1.82, 2.24) is 4.98 Å². The summed E-state index contributed by atoms with van der Waals surface area (Å²) in [4.78, 5) is 24.7. The number of carboxylic acid groups (broad SMARTS) is 1. The Labute approximate surface area is 103 Å². The van der Waals surface area contributed by atoms with Crippen LogP contribution in [-0.4, -0.2) is 27.0 Å². The molecule has 2 N–H and O–H groups in total. The number of aromatic nitrogens is 1. The maximum absolute atomic E-state index is 10.9. The Morgan fingerprint density at radius 2 is 2.28 bits per heavy atom. The number of carbonyl (C=O) groups is 1. The predicted molar refractivity (Wildman–Crippen MR) is 63.7 cm³/mol. The van der Waals surface area contributed by atoms with Crippen LogP contribution in [0.4, 0.5) is 11.5 Å². The Morgan fingerprint density at radius 1 is 1.61 bits per heavy atom. The van der Waals surface area contributed by atoms with Gasteiger partial charge in [0.05, 0.1) is 4.92 Å². The van der Waals surface area contributed by atoms with E-state index in [0.717, 1.165) is 19.0 Å². The molecule has 0 unspecified atom stereocenters. The number of nitro groups is 1. The van der Waals surface area contributed by atoms with Gasteiger partial charge in [-0.2, -0.15) is 0 Å². The summed E-state index contributed by atoms with van der Waals surface area (Å²) in [5.41, 5.74) is -0.833. The first-order chi connectivity index (χ1) is 8.47. The SMILES string of the molecule is CC1CC(Nc2cc(C(=O)O)c([N+](=O)[O-])cn2)C1. The first-order valence-corrected chi connectivity index (χ1v) is 5.61. The van der Waals surface area contributed by atoms with Gasteiger partial charge in [0.2, 0.25) is 0 Å². The molecular formula is C11H13N3O4. The lowest BCUT2D eigenvalue weighted by molar-refractivity contribution is -0.385. The van der Waals surface area contributed by atoms with Crippen molar-refractivity contribution in [1.29, 1.82) is 0 Å². The van der Waals surface area contributed by atoms with Crippen LogP contribution in [0, 0.1) is 16.0 Å². The lowest BCUT2D eigenvalue weighted by Gasteiger charge is -2.33. The molecular weight excluding hydrogens is 238 g/mol. The van der Waals surface area contributed by atoms with Gasteiger partial charge in [-0.15, -0.1) is 0 Å². The Morgan fingerprint density at radius 3 is 2.78 bits per heavy atom. The molecule has 0 amide bonds. The van der Waals surface area contributed by atoms with Gasteiger partial charge < -0.3 is 10.4 Å². The summed E-state index contributed by atoms with van der Waals surface area (Å²) >= 11 is 0. The van der Waals surface area contributed by atoms with E-state index in [9.17, 15) is 14.9 Å². The van der Waals surface area contributed by atoms with Crippen molar-refractivity contribution in [2.24, 2.45) is 5.92 Å². The average Bonchev–Trinajstić information content (AvgIpc) is 2.26. The summed E-state index contributed by atoms with van der Waals surface area (Å²) in [5, 5.41) is 22.7. The van der Waals surface area contributed by atoms with Gasteiger partial charge in [-0.05, 0) is 18.8 Å². The van der Waals surface area contributed by atoms with Gasteiger partial charge in [0.25, 0.3) is 0 Å². The minimum atomic E-state index is -1.32. The van der Waals surface area contributed by atoms with E-state index in [0.29, 0.717) is 11.7 Å². The van der Waals surface area contributed by atoms with Crippen LogP contribution in [0.1, 0.15) is 30.1 Å². The van der Waals surface area contributed by atoms with E-state index < -0.39 is 16.6 Å². The normalized spacial score (nSPS) is 22.1. The van der Waals surface area contributed by atoms with Gasteiger partial charge in [-0.3, -0.25) is 10.1 Å². The van der Waals surface area contributed by atoms with Crippen LogP contribution in [0.5, 0.6) is 0 Å². The Kier molecular flexibility index (Phi) is 3.14. The molecule has 0 aliphatic heterocycles. The first kappa shape index (κ1) is 12.3. The maximum atomic E-state index is 10.9. The van der Waals surface area contributed by atoms with Crippen molar-refractivity contribution in [3.63, 3.8) is 0 Å². The van der Waals surface area contributed by atoms with Gasteiger partial charge >= 0.3 is 11.7 Å². The van der Waals surface area contributed by atoms with Gasteiger partial charge in [-0.25, -0.2) is 9.78 Å². The number of rotatable bonds is 4. The highest BCUT2D eigenvalue weighted by Gasteiger charge is 2.27.